The van der Waals surface area contributed by atoms with E-state index in [1.54, 1.807) is 31.6 Å². The predicted molar refractivity (Wildman–Crippen MR) is 334 cm³/mol. The third-order valence-corrected chi connectivity index (χ3v) is 17.0. The predicted octanol–water partition coefficient (Wildman–Crippen LogP) is 5.91. The molecule has 1 N–H and O–H groups in total. The number of nitrogens with one attached hydrogen (secondary N) is 1. The topological polar surface area (TPSA) is 255 Å². The van der Waals surface area contributed by atoms with Crippen molar-refractivity contribution in [3.05, 3.63) is 83.7 Å². The summed E-state index contributed by atoms with van der Waals surface area (Å²) >= 11 is 0. The van der Waals surface area contributed by atoms with E-state index in [2.05, 4.69) is 25.1 Å². The summed E-state index contributed by atoms with van der Waals surface area (Å²) in [5.74, 6) is -4.30. The lowest BCUT2D eigenvalue weighted by atomic mass is 10.0. The zero-order valence-corrected chi connectivity index (χ0v) is 54.4. The molecule has 4 heterocycles. The van der Waals surface area contributed by atoms with Crippen LogP contribution in [0.4, 0.5) is 11.6 Å². The van der Waals surface area contributed by atoms with Crippen molar-refractivity contribution in [1.82, 2.24) is 30.0 Å². The summed E-state index contributed by atoms with van der Waals surface area (Å²) in [5, 5.41) is 3.05. The van der Waals surface area contributed by atoms with Crippen molar-refractivity contribution in [2.24, 2.45) is 23.7 Å². The molecule has 0 radical (unpaired) electrons. The molecular weight excluding hydrogens is 1160 g/mol. The van der Waals surface area contributed by atoms with Crippen molar-refractivity contribution in [3.63, 3.8) is 0 Å². The number of morpholine rings is 2. The lowest BCUT2D eigenvalue weighted by Gasteiger charge is -2.34. The van der Waals surface area contributed by atoms with Crippen molar-refractivity contribution in [2.45, 2.75) is 174 Å². The second-order valence-corrected chi connectivity index (χ2v) is 25.3. The molecule has 23 heteroatoms. The van der Waals surface area contributed by atoms with Gasteiger partial charge in [-0.25, -0.2) is 29.1 Å². The van der Waals surface area contributed by atoms with Gasteiger partial charge in [-0.2, -0.15) is 0 Å². The molecule has 3 amide bonds. The van der Waals surface area contributed by atoms with Gasteiger partial charge in [0.25, 0.3) is 17.7 Å². The number of rotatable bonds is 34. The van der Waals surface area contributed by atoms with Gasteiger partial charge in [-0.15, -0.1) is 0 Å². The first-order chi connectivity index (χ1) is 43.1. The zero-order valence-electron chi connectivity index (χ0n) is 54.4. The molecule has 2 saturated carbocycles. The maximum atomic E-state index is 15.0. The van der Waals surface area contributed by atoms with Crippen LogP contribution in [0.1, 0.15) is 122 Å². The van der Waals surface area contributed by atoms with Crippen molar-refractivity contribution in [3.8, 4) is 0 Å². The van der Waals surface area contributed by atoms with Gasteiger partial charge in [-0.3, -0.25) is 19.2 Å². The zero-order chi connectivity index (χ0) is 65.0. The van der Waals surface area contributed by atoms with E-state index in [1.165, 1.54) is 49.7 Å². The van der Waals surface area contributed by atoms with E-state index >= 15 is 0 Å². The Hall–Kier alpha value is -7.24. The number of carbonyl (C=O) groups is 8. The Balaban J connectivity index is 1.06. The molecule has 4 aliphatic rings. The summed E-state index contributed by atoms with van der Waals surface area (Å²) in [6.45, 7) is 15.4. The van der Waals surface area contributed by atoms with Crippen LogP contribution >= 0.6 is 0 Å². The summed E-state index contributed by atoms with van der Waals surface area (Å²) in [7, 11) is 5.98. The molecule has 3 aromatic rings. The number of aryl methyl sites for hydroxylation is 2. The minimum Gasteiger partial charge on any atom is -0.458 e. The standard InChI is InChI=1S/C67H96N8O15/c1-43(2)36-53(72(9)61(77)56(89-64(80)52(68-7)38-47-16-17-47)24-20-49-22-26-58(69-40-49)74-28-32-84-33-29-74)65(81)87-45(5)60(76)71(8)55(39-48-18-19-48)67(83)90-57(25-21-50-23-27-59(70-41-50)75-30-34-85-35-31-75)62(78)73(10)54(37-44(3)4)66(82)88-46(6)63(79)86-42-51-14-12-11-13-15-51/h11-15,22-23,26-27,40-41,43-48,52-57,68H,16-21,24-25,28-39,42H2,1-10H3/t45-,46-,52+,53+,54+,55+,56-,57-/m1/s1. The molecule has 8 atom stereocenters. The van der Waals surface area contributed by atoms with Crippen molar-refractivity contribution >= 4 is 59.2 Å². The van der Waals surface area contributed by atoms with Gasteiger partial charge in [-0.1, -0.05) is 95.8 Å². The average Bonchev–Trinajstić information content (AvgIpc) is 3.22. The van der Waals surface area contributed by atoms with E-state index in [0.717, 1.165) is 67.1 Å². The number of hydrogen-bond acceptors (Lipinski definition) is 20. The lowest BCUT2D eigenvalue weighted by molar-refractivity contribution is -0.176. The Bertz CT molecular complexity index is 2820. The number of ether oxygens (including phenoxy) is 7. The fraction of sp³-hybridized carbons (Fsp3) is 0.642. The third-order valence-electron chi connectivity index (χ3n) is 17.0. The van der Waals surface area contributed by atoms with Crippen LogP contribution in [-0.4, -0.2) is 202 Å². The van der Waals surface area contributed by atoms with E-state index in [0.29, 0.717) is 58.3 Å². The number of anilines is 2. The lowest BCUT2D eigenvalue weighted by Crippen LogP contribution is -2.53. The number of carbonyl (C=O) groups excluding carboxylic acids is 8. The molecule has 7 rings (SSSR count). The minimum atomic E-state index is -1.48. The summed E-state index contributed by atoms with van der Waals surface area (Å²) in [5.41, 5.74) is 2.31. The van der Waals surface area contributed by atoms with Gasteiger partial charge in [0.2, 0.25) is 0 Å². The molecule has 0 bridgehead atoms. The van der Waals surface area contributed by atoms with E-state index in [4.69, 9.17) is 33.2 Å². The van der Waals surface area contributed by atoms with Gasteiger partial charge in [0.1, 0.15) is 42.4 Å². The molecule has 2 aliphatic carbocycles. The number of hydrogen-bond donors (Lipinski definition) is 1. The molecular formula is C67H96N8O15. The summed E-state index contributed by atoms with van der Waals surface area (Å²) < 4.78 is 40.4. The Morgan fingerprint density at radius 1 is 0.522 bits per heavy atom. The number of esters is 5. The van der Waals surface area contributed by atoms with E-state index in [1.807, 2.05) is 70.2 Å². The Morgan fingerprint density at radius 2 is 0.956 bits per heavy atom. The number of likely N-dealkylation sites (N-methyl/N-ethyl adjacent to an activating group) is 4. The highest BCUT2D eigenvalue weighted by atomic mass is 16.6. The molecule has 2 aliphatic heterocycles. The van der Waals surface area contributed by atoms with Crippen LogP contribution < -0.4 is 15.1 Å². The molecule has 0 unspecified atom stereocenters. The van der Waals surface area contributed by atoms with E-state index in [9.17, 15) is 38.4 Å². The molecule has 494 valence electrons. The smallest absolute Gasteiger partial charge is 0.347 e. The second kappa shape index (κ2) is 34.3. The molecule has 2 aromatic heterocycles. The molecule has 4 fully saturated rings. The van der Waals surface area contributed by atoms with Gasteiger partial charge in [0, 0.05) is 59.7 Å². The number of pyridine rings is 2. The number of benzene rings is 1. The van der Waals surface area contributed by atoms with Crippen LogP contribution in [0.15, 0.2) is 67.0 Å². The normalized spacial score (nSPS) is 17.8. The summed E-state index contributed by atoms with van der Waals surface area (Å²) in [6, 6.07) is 12.4. The quantitative estimate of drug-likeness (QED) is 0.0539. The van der Waals surface area contributed by atoms with E-state index in [-0.39, 0.29) is 62.9 Å². The maximum absolute atomic E-state index is 15.0. The average molecular weight is 1250 g/mol. The highest BCUT2D eigenvalue weighted by Gasteiger charge is 2.43. The van der Waals surface area contributed by atoms with E-state index < -0.39 is 96.2 Å². The fourth-order valence-electron chi connectivity index (χ4n) is 11.1. The number of amides is 3. The van der Waals surface area contributed by atoms with Crippen molar-refractivity contribution in [1.29, 1.82) is 0 Å². The van der Waals surface area contributed by atoms with Crippen LogP contribution in [0.25, 0.3) is 0 Å². The summed E-state index contributed by atoms with van der Waals surface area (Å²) in [4.78, 5) is 132. The molecule has 23 nitrogen and oxygen atoms in total. The first-order valence-corrected chi connectivity index (χ1v) is 32.2. The van der Waals surface area contributed by atoms with Gasteiger partial charge in [0.05, 0.1) is 26.4 Å². The van der Waals surface area contributed by atoms with Crippen LogP contribution in [0, 0.1) is 23.7 Å². The van der Waals surface area contributed by atoms with Crippen LogP contribution in [0.2, 0.25) is 0 Å². The number of nitrogens with zero attached hydrogens (tertiary/aromatic N) is 7. The fourth-order valence-corrected chi connectivity index (χ4v) is 11.1. The Morgan fingerprint density at radius 3 is 1.39 bits per heavy atom. The van der Waals surface area contributed by atoms with Gasteiger partial charge < -0.3 is 63.0 Å². The van der Waals surface area contributed by atoms with Crippen LogP contribution in [0.3, 0.4) is 0 Å². The van der Waals surface area contributed by atoms with Crippen molar-refractivity contribution in [2.75, 3.05) is 90.6 Å². The number of aromatic nitrogens is 2. The first-order valence-electron chi connectivity index (χ1n) is 32.2. The largest absolute Gasteiger partial charge is 0.458 e. The van der Waals surface area contributed by atoms with Gasteiger partial charge in [-0.05, 0) is 125 Å². The van der Waals surface area contributed by atoms with Crippen LogP contribution in [-0.2, 0) is 91.0 Å². The maximum Gasteiger partial charge on any atom is 0.347 e. The summed E-state index contributed by atoms with van der Waals surface area (Å²) in [6.07, 6.45) is 3.11. The highest BCUT2D eigenvalue weighted by molar-refractivity contribution is 5.93. The first kappa shape index (κ1) is 70.2. The second-order valence-electron chi connectivity index (χ2n) is 25.3. The van der Waals surface area contributed by atoms with Gasteiger partial charge in [0.15, 0.2) is 24.4 Å². The van der Waals surface area contributed by atoms with Gasteiger partial charge >= 0.3 is 29.8 Å². The molecule has 1 aromatic carbocycles. The van der Waals surface area contributed by atoms with Crippen molar-refractivity contribution < 1.29 is 71.5 Å². The monoisotopic (exact) mass is 1250 g/mol. The Kier molecular flexibility index (Phi) is 26.7. The Labute approximate surface area is 530 Å². The molecule has 90 heavy (non-hydrogen) atoms. The third kappa shape index (κ3) is 21.2. The SMILES string of the molecule is CN[C@@H](CC1CC1)C(=O)O[C@H](CCc1ccc(N2CCOCC2)nc1)C(=O)N(C)[C@@H](CC(C)C)C(=O)O[C@H](C)C(=O)N(C)[C@@H](CC1CC1)C(=O)O[C@H](CCc1ccc(N2CCOCC2)nc1)C(=O)N(C)[C@@H](CC(C)C)C(=O)O[C@H](C)C(=O)OCc1ccccc1. The highest BCUT2D eigenvalue weighted by Crippen LogP contribution is 2.36. The molecule has 0 spiro atoms. The molecule has 2 saturated heterocycles. The van der Waals surface area contributed by atoms with Crippen LogP contribution in [0.5, 0.6) is 0 Å². The minimum absolute atomic E-state index is 0.0363.